The van der Waals surface area contributed by atoms with Gasteiger partial charge in [0.15, 0.2) is 0 Å². The van der Waals surface area contributed by atoms with Gasteiger partial charge in [-0.3, -0.25) is 4.79 Å². The van der Waals surface area contributed by atoms with Gasteiger partial charge in [-0.25, -0.2) is 0 Å². The normalized spacial score (nSPS) is 29.8. The average molecular weight is 174 g/mol. The molecule has 13 heavy (non-hydrogen) atoms. The fourth-order valence-electron chi connectivity index (χ4n) is 2.18. The van der Waals surface area contributed by atoms with Gasteiger partial charge in [0.2, 0.25) is 0 Å². The summed E-state index contributed by atoms with van der Waals surface area (Å²) >= 11 is 0. The van der Waals surface area contributed by atoms with Crippen LogP contribution in [0.3, 0.4) is 0 Å². The number of carbonyl (C=O) groups excluding carboxylic acids is 1. The number of carbonyl (C=O) groups is 1. The van der Waals surface area contributed by atoms with Crippen LogP contribution in [0, 0.1) is 11.3 Å². The number of fused-ring (bicyclic) bond motifs is 1. The molecule has 0 aromatic heterocycles. The molecule has 1 heteroatoms. The molecule has 1 fully saturated rings. The zero-order valence-corrected chi connectivity index (χ0v) is 8.08. The minimum Gasteiger partial charge on any atom is -0.299 e. The molecule has 2 aliphatic rings. The van der Waals surface area contributed by atoms with Crippen molar-refractivity contribution in [2.45, 2.75) is 20.3 Å². The summed E-state index contributed by atoms with van der Waals surface area (Å²) in [6, 6.07) is 0. The SMILES string of the molecule is CC1(C)CC(=O)C2C=CC=CC=C21. The van der Waals surface area contributed by atoms with Crippen LogP contribution in [0.25, 0.3) is 0 Å². The topological polar surface area (TPSA) is 17.1 Å². The second-order valence-electron chi connectivity index (χ2n) is 4.40. The van der Waals surface area contributed by atoms with Gasteiger partial charge in [0, 0.05) is 6.42 Å². The fraction of sp³-hybridized carbons (Fsp3) is 0.417. The third kappa shape index (κ3) is 1.28. The molecule has 0 radical (unpaired) electrons. The lowest BCUT2D eigenvalue weighted by Gasteiger charge is -2.19. The molecule has 0 spiro atoms. The Morgan fingerprint density at radius 1 is 1.31 bits per heavy atom. The Labute approximate surface area is 78.8 Å². The van der Waals surface area contributed by atoms with Crippen molar-refractivity contribution < 1.29 is 4.79 Å². The van der Waals surface area contributed by atoms with E-state index in [1.165, 1.54) is 5.57 Å². The van der Waals surface area contributed by atoms with Crippen LogP contribution in [0.15, 0.2) is 36.0 Å². The van der Waals surface area contributed by atoms with Crippen LogP contribution >= 0.6 is 0 Å². The van der Waals surface area contributed by atoms with Crippen LogP contribution in [0.2, 0.25) is 0 Å². The molecule has 1 unspecified atom stereocenters. The van der Waals surface area contributed by atoms with Crippen molar-refractivity contribution in [3.8, 4) is 0 Å². The summed E-state index contributed by atoms with van der Waals surface area (Å²) in [6.45, 7) is 4.29. The molecule has 1 atom stereocenters. The number of hydrogen-bond acceptors (Lipinski definition) is 1. The summed E-state index contributed by atoms with van der Waals surface area (Å²) in [5, 5.41) is 0. The van der Waals surface area contributed by atoms with Crippen molar-refractivity contribution in [1.29, 1.82) is 0 Å². The maximum atomic E-state index is 11.7. The van der Waals surface area contributed by atoms with E-state index in [0.29, 0.717) is 12.2 Å². The van der Waals surface area contributed by atoms with Gasteiger partial charge in [0.1, 0.15) is 5.78 Å². The fourth-order valence-corrected chi connectivity index (χ4v) is 2.18. The third-order valence-corrected chi connectivity index (χ3v) is 2.88. The standard InChI is InChI=1S/C12H14O/c1-12(2)8-11(13)9-6-4-3-5-7-10(9)12/h3-7,9H,8H2,1-2H3. The molecular formula is C12H14O. The van der Waals surface area contributed by atoms with Crippen LogP contribution in [0.5, 0.6) is 0 Å². The molecule has 2 rings (SSSR count). The minimum atomic E-state index is 0.0463. The Balaban J connectivity index is 2.48. The number of hydrogen-bond donors (Lipinski definition) is 0. The van der Waals surface area contributed by atoms with Crippen LogP contribution in [0.1, 0.15) is 20.3 Å². The Morgan fingerprint density at radius 2 is 2.08 bits per heavy atom. The van der Waals surface area contributed by atoms with Gasteiger partial charge in [-0.1, -0.05) is 44.2 Å². The van der Waals surface area contributed by atoms with Crippen molar-refractivity contribution in [3.05, 3.63) is 36.0 Å². The number of Topliss-reactive ketones (excluding diaryl/α,β-unsaturated/α-hetero) is 1. The lowest BCUT2D eigenvalue weighted by Crippen LogP contribution is -2.09. The summed E-state index contributed by atoms with van der Waals surface area (Å²) in [7, 11) is 0. The molecule has 1 saturated carbocycles. The lowest BCUT2D eigenvalue weighted by atomic mass is 9.84. The summed E-state index contributed by atoms with van der Waals surface area (Å²) in [4.78, 5) is 11.7. The molecule has 0 aliphatic heterocycles. The van der Waals surface area contributed by atoms with Gasteiger partial charge in [-0.2, -0.15) is 0 Å². The maximum absolute atomic E-state index is 11.7. The van der Waals surface area contributed by atoms with Gasteiger partial charge in [0.25, 0.3) is 0 Å². The van der Waals surface area contributed by atoms with E-state index in [-0.39, 0.29) is 11.3 Å². The van der Waals surface area contributed by atoms with E-state index < -0.39 is 0 Å². The zero-order chi connectivity index (χ0) is 9.47. The largest absolute Gasteiger partial charge is 0.299 e. The first-order chi connectivity index (χ1) is 6.11. The number of allylic oxidation sites excluding steroid dienone is 6. The Bertz CT molecular complexity index is 329. The van der Waals surface area contributed by atoms with Crippen LogP contribution in [-0.4, -0.2) is 5.78 Å². The highest BCUT2D eigenvalue weighted by atomic mass is 16.1. The van der Waals surface area contributed by atoms with Crippen LogP contribution in [0.4, 0.5) is 0 Å². The van der Waals surface area contributed by atoms with Gasteiger partial charge >= 0.3 is 0 Å². The van der Waals surface area contributed by atoms with E-state index in [2.05, 4.69) is 19.9 Å². The Hall–Kier alpha value is -1.11. The highest BCUT2D eigenvalue weighted by Crippen LogP contribution is 2.44. The second-order valence-corrected chi connectivity index (χ2v) is 4.40. The van der Waals surface area contributed by atoms with Gasteiger partial charge < -0.3 is 0 Å². The van der Waals surface area contributed by atoms with Gasteiger partial charge in [-0.05, 0) is 11.0 Å². The van der Waals surface area contributed by atoms with Crippen LogP contribution < -0.4 is 0 Å². The molecular weight excluding hydrogens is 160 g/mol. The first-order valence-corrected chi connectivity index (χ1v) is 4.69. The number of ketones is 1. The first kappa shape index (κ1) is 8.49. The molecule has 0 bridgehead atoms. The molecule has 2 aliphatic carbocycles. The first-order valence-electron chi connectivity index (χ1n) is 4.69. The zero-order valence-electron chi connectivity index (χ0n) is 8.08. The summed E-state index contributed by atoms with van der Waals surface area (Å²) in [5.74, 6) is 0.404. The summed E-state index contributed by atoms with van der Waals surface area (Å²) < 4.78 is 0. The molecule has 68 valence electrons. The smallest absolute Gasteiger partial charge is 0.144 e. The van der Waals surface area contributed by atoms with E-state index >= 15 is 0 Å². The lowest BCUT2D eigenvalue weighted by molar-refractivity contribution is -0.119. The molecule has 0 aromatic rings. The third-order valence-electron chi connectivity index (χ3n) is 2.88. The average Bonchev–Trinajstić information content (AvgIpc) is 2.28. The van der Waals surface area contributed by atoms with Crippen molar-refractivity contribution in [1.82, 2.24) is 0 Å². The molecule has 0 saturated heterocycles. The van der Waals surface area contributed by atoms with Gasteiger partial charge in [-0.15, -0.1) is 0 Å². The quantitative estimate of drug-likeness (QED) is 0.551. The van der Waals surface area contributed by atoms with E-state index in [9.17, 15) is 4.79 Å². The van der Waals surface area contributed by atoms with E-state index in [1.807, 2.05) is 24.3 Å². The predicted molar refractivity (Wildman–Crippen MR) is 53.3 cm³/mol. The Kier molecular flexibility index (Phi) is 1.76. The monoisotopic (exact) mass is 174 g/mol. The molecule has 0 N–H and O–H groups in total. The predicted octanol–water partition coefficient (Wildman–Crippen LogP) is 2.65. The van der Waals surface area contributed by atoms with E-state index in [1.54, 1.807) is 0 Å². The van der Waals surface area contributed by atoms with Crippen molar-refractivity contribution >= 4 is 5.78 Å². The van der Waals surface area contributed by atoms with Crippen molar-refractivity contribution in [3.63, 3.8) is 0 Å². The van der Waals surface area contributed by atoms with Crippen molar-refractivity contribution in [2.24, 2.45) is 11.3 Å². The van der Waals surface area contributed by atoms with Crippen LogP contribution in [-0.2, 0) is 4.79 Å². The maximum Gasteiger partial charge on any atom is 0.144 e. The molecule has 0 aromatic carbocycles. The van der Waals surface area contributed by atoms with E-state index in [4.69, 9.17) is 0 Å². The highest BCUT2D eigenvalue weighted by molar-refractivity contribution is 5.90. The Morgan fingerprint density at radius 3 is 2.85 bits per heavy atom. The minimum absolute atomic E-state index is 0.0463. The summed E-state index contributed by atoms with van der Waals surface area (Å²) in [6.07, 6.45) is 10.7. The van der Waals surface area contributed by atoms with E-state index in [0.717, 1.165) is 0 Å². The van der Waals surface area contributed by atoms with Crippen molar-refractivity contribution in [2.75, 3.05) is 0 Å². The molecule has 0 heterocycles. The summed E-state index contributed by atoms with van der Waals surface area (Å²) in [5.41, 5.74) is 1.32. The molecule has 0 amide bonds. The van der Waals surface area contributed by atoms with Gasteiger partial charge in [0.05, 0.1) is 5.92 Å². The number of rotatable bonds is 0. The molecule has 1 nitrogen and oxygen atoms in total. The highest BCUT2D eigenvalue weighted by Gasteiger charge is 2.41. The second kappa shape index (κ2) is 2.69.